The molecule has 6 heteroatoms. The number of hydrogen-bond acceptors (Lipinski definition) is 4. The van der Waals surface area contributed by atoms with Crippen LogP contribution in [0.5, 0.6) is 0 Å². The summed E-state index contributed by atoms with van der Waals surface area (Å²) in [6.07, 6.45) is 2.75. The van der Waals surface area contributed by atoms with E-state index in [1.54, 1.807) is 7.11 Å². The van der Waals surface area contributed by atoms with Crippen LogP contribution in [-0.4, -0.2) is 66.2 Å². The highest BCUT2D eigenvalue weighted by molar-refractivity contribution is 5.77. The topological polar surface area (TPSA) is 50.6 Å². The third-order valence-electron chi connectivity index (χ3n) is 3.32. The zero-order valence-corrected chi connectivity index (χ0v) is 11.9. The summed E-state index contributed by atoms with van der Waals surface area (Å²) in [6, 6.07) is 0. The summed E-state index contributed by atoms with van der Waals surface area (Å²) in [6.45, 7) is 3.30. The van der Waals surface area contributed by atoms with Crippen LogP contribution < -0.4 is 0 Å². The van der Waals surface area contributed by atoms with Gasteiger partial charge in [0.1, 0.15) is 12.4 Å². The average Bonchev–Trinajstić information content (AvgIpc) is 2.60. The second kappa shape index (κ2) is 6.16. The molecule has 0 bridgehead atoms. The van der Waals surface area contributed by atoms with Crippen molar-refractivity contribution in [3.63, 3.8) is 0 Å². The lowest BCUT2D eigenvalue weighted by molar-refractivity contribution is -0.135. The third kappa shape index (κ3) is 3.33. The van der Waals surface area contributed by atoms with Crippen LogP contribution in [0, 0.1) is 0 Å². The SMILES string of the molecule is COCC(=O)N1CCc2ncc(CN(C)C)n2CC1. The van der Waals surface area contributed by atoms with Crippen molar-refractivity contribution in [2.75, 3.05) is 40.9 Å². The summed E-state index contributed by atoms with van der Waals surface area (Å²) in [5.41, 5.74) is 1.21. The van der Waals surface area contributed by atoms with Crippen LogP contribution in [0.3, 0.4) is 0 Å². The van der Waals surface area contributed by atoms with Gasteiger partial charge < -0.3 is 19.1 Å². The summed E-state index contributed by atoms with van der Waals surface area (Å²) >= 11 is 0. The zero-order valence-electron chi connectivity index (χ0n) is 11.9. The van der Waals surface area contributed by atoms with Gasteiger partial charge in [-0.2, -0.15) is 0 Å². The lowest BCUT2D eigenvalue weighted by atomic mass is 10.3. The van der Waals surface area contributed by atoms with Crippen LogP contribution in [0.2, 0.25) is 0 Å². The molecule has 0 unspecified atom stereocenters. The molecule has 0 saturated carbocycles. The molecule has 0 fully saturated rings. The maximum Gasteiger partial charge on any atom is 0.248 e. The van der Waals surface area contributed by atoms with E-state index in [9.17, 15) is 4.79 Å². The summed E-state index contributed by atoms with van der Waals surface area (Å²) < 4.78 is 7.15. The Morgan fingerprint density at radius 3 is 2.89 bits per heavy atom. The minimum Gasteiger partial charge on any atom is -0.375 e. The highest BCUT2D eigenvalue weighted by atomic mass is 16.5. The molecule has 106 valence electrons. The number of aromatic nitrogens is 2. The molecule has 6 nitrogen and oxygen atoms in total. The molecular formula is C13H22N4O2. The molecule has 2 rings (SSSR count). The van der Waals surface area contributed by atoms with Gasteiger partial charge in [-0.3, -0.25) is 4.79 Å². The number of carbonyl (C=O) groups excluding carboxylic acids is 1. The molecule has 0 radical (unpaired) electrons. The van der Waals surface area contributed by atoms with Gasteiger partial charge in [-0.15, -0.1) is 0 Å². The van der Waals surface area contributed by atoms with Crippen LogP contribution >= 0.6 is 0 Å². The molecule has 19 heavy (non-hydrogen) atoms. The Labute approximate surface area is 114 Å². The van der Waals surface area contributed by atoms with Crippen molar-refractivity contribution in [1.29, 1.82) is 0 Å². The molecule has 0 aliphatic carbocycles. The van der Waals surface area contributed by atoms with Crippen molar-refractivity contribution in [3.8, 4) is 0 Å². The predicted molar refractivity (Wildman–Crippen MR) is 71.8 cm³/mol. The molecule has 2 heterocycles. The lowest BCUT2D eigenvalue weighted by Crippen LogP contribution is -2.36. The number of carbonyl (C=O) groups is 1. The lowest BCUT2D eigenvalue weighted by Gasteiger charge is -2.19. The molecule has 0 spiro atoms. The Balaban J connectivity index is 2.06. The monoisotopic (exact) mass is 266 g/mol. The van der Waals surface area contributed by atoms with Crippen molar-refractivity contribution in [3.05, 3.63) is 17.7 Å². The second-order valence-corrected chi connectivity index (χ2v) is 5.12. The first-order chi connectivity index (χ1) is 9.11. The van der Waals surface area contributed by atoms with Crippen molar-refractivity contribution in [2.24, 2.45) is 0 Å². The van der Waals surface area contributed by atoms with Gasteiger partial charge in [0.2, 0.25) is 5.91 Å². The first kappa shape index (κ1) is 14.0. The van der Waals surface area contributed by atoms with Crippen molar-refractivity contribution < 1.29 is 9.53 Å². The van der Waals surface area contributed by atoms with Crippen LogP contribution in [-0.2, 0) is 29.0 Å². The Hall–Kier alpha value is -1.40. The Morgan fingerprint density at radius 1 is 1.42 bits per heavy atom. The number of ether oxygens (including phenoxy) is 1. The molecular weight excluding hydrogens is 244 g/mol. The van der Waals surface area contributed by atoms with E-state index in [4.69, 9.17) is 4.74 Å². The number of hydrogen-bond donors (Lipinski definition) is 0. The van der Waals surface area contributed by atoms with E-state index in [-0.39, 0.29) is 12.5 Å². The Kier molecular flexibility index (Phi) is 4.55. The van der Waals surface area contributed by atoms with Gasteiger partial charge >= 0.3 is 0 Å². The smallest absolute Gasteiger partial charge is 0.248 e. The van der Waals surface area contributed by atoms with Gasteiger partial charge in [0.25, 0.3) is 0 Å². The van der Waals surface area contributed by atoms with Gasteiger partial charge in [-0.25, -0.2) is 4.98 Å². The quantitative estimate of drug-likeness (QED) is 0.768. The number of fused-ring (bicyclic) bond motifs is 1. The van der Waals surface area contributed by atoms with Crippen molar-refractivity contribution in [1.82, 2.24) is 19.4 Å². The molecule has 0 saturated heterocycles. The molecule has 1 aliphatic rings. The highest BCUT2D eigenvalue weighted by Gasteiger charge is 2.20. The Morgan fingerprint density at radius 2 is 2.21 bits per heavy atom. The summed E-state index contributed by atoms with van der Waals surface area (Å²) in [4.78, 5) is 20.3. The molecule has 1 aliphatic heterocycles. The highest BCUT2D eigenvalue weighted by Crippen LogP contribution is 2.13. The van der Waals surface area contributed by atoms with E-state index in [0.29, 0.717) is 0 Å². The zero-order chi connectivity index (χ0) is 13.8. The number of amides is 1. The maximum atomic E-state index is 11.8. The average molecular weight is 266 g/mol. The molecule has 1 amide bonds. The fourth-order valence-electron chi connectivity index (χ4n) is 2.41. The van der Waals surface area contributed by atoms with E-state index in [0.717, 1.165) is 38.4 Å². The van der Waals surface area contributed by atoms with E-state index in [2.05, 4.69) is 14.5 Å². The molecule has 0 atom stereocenters. The number of imidazole rings is 1. The minimum atomic E-state index is 0.0578. The van der Waals surface area contributed by atoms with Crippen LogP contribution in [0.25, 0.3) is 0 Å². The largest absolute Gasteiger partial charge is 0.375 e. The summed E-state index contributed by atoms with van der Waals surface area (Å²) in [5.74, 6) is 1.13. The minimum absolute atomic E-state index is 0.0578. The Bertz CT molecular complexity index is 442. The summed E-state index contributed by atoms with van der Waals surface area (Å²) in [5, 5.41) is 0. The maximum absolute atomic E-state index is 11.8. The first-order valence-electron chi connectivity index (χ1n) is 6.56. The van der Waals surface area contributed by atoms with E-state index >= 15 is 0 Å². The van der Waals surface area contributed by atoms with Crippen LogP contribution in [0.4, 0.5) is 0 Å². The number of rotatable bonds is 4. The van der Waals surface area contributed by atoms with E-state index < -0.39 is 0 Å². The molecule has 0 aromatic carbocycles. The first-order valence-corrected chi connectivity index (χ1v) is 6.56. The second-order valence-electron chi connectivity index (χ2n) is 5.12. The number of nitrogens with zero attached hydrogens (tertiary/aromatic N) is 4. The molecule has 0 N–H and O–H groups in total. The predicted octanol–water partition coefficient (Wildman–Crippen LogP) is -0.0242. The molecule has 1 aromatic rings. The third-order valence-corrected chi connectivity index (χ3v) is 3.32. The van der Waals surface area contributed by atoms with Gasteiger partial charge in [0.05, 0.1) is 5.69 Å². The van der Waals surface area contributed by atoms with Crippen molar-refractivity contribution >= 4 is 5.91 Å². The fraction of sp³-hybridized carbons (Fsp3) is 0.692. The van der Waals surface area contributed by atoms with Gasteiger partial charge in [-0.05, 0) is 14.1 Å². The normalized spacial score (nSPS) is 15.5. The van der Waals surface area contributed by atoms with Gasteiger partial charge in [0, 0.05) is 45.9 Å². The fourth-order valence-corrected chi connectivity index (χ4v) is 2.41. The summed E-state index contributed by atoms with van der Waals surface area (Å²) in [7, 11) is 5.64. The van der Waals surface area contributed by atoms with Crippen LogP contribution in [0.1, 0.15) is 11.5 Å². The standard InChI is InChI=1S/C13H22N4O2/c1-15(2)9-11-8-14-12-4-5-16(6-7-17(11)12)13(18)10-19-3/h8H,4-7,9-10H2,1-3H3. The number of methoxy groups -OCH3 is 1. The van der Waals surface area contributed by atoms with Crippen molar-refractivity contribution in [2.45, 2.75) is 19.5 Å². The van der Waals surface area contributed by atoms with Gasteiger partial charge in [0.15, 0.2) is 0 Å². The van der Waals surface area contributed by atoms with E-state index in [1.165, 1.54) is 5.69 Å². The van der Waals surface area contributed by atoms with E-state index in [1.807, 2.05) is 25.2 Å². The van der Waals surface area contributed by atoms with Gasteiger partial charge in [-0.1, -0.05) is 0 Å². The molecule has 1 aromatic heterocycles. The van der Waals surface area contributed by atoms with Crippen LogP contribution in [0.15, 0.2) is 6.20 Å².